The molecule has 0 unspecified atom stereocenters. The maximum absolute atomic E-state index is 12.1. The maximum atomic E-state index is 12.1. The topological polar surface area (TPSA) is 110 Å². The van der Waals surface area contributed by atoms with Crippen molar-refractivity contribution < 1.29 is 19.6 Å². The lowest BCUT2D eigenvalue weighted by atomic mass is 10.0. The van der Waals surface area contributed by atoms with Crippen LogP contribution in [-0.4, -0.2) is 27.9 Å². The van der Waals surface area contributed by atoms with Crippen LogP contribution >= 0.6 is 15.9 Å². The van der Waals surface area contributed by atoms with Crippen molar-refractivity contribution in [2.45, 2.75) is 26.3 Å². The van der Waals surface area contributed by atoms with Gasteiger partial charge in [-0.05, 0) is 34.3 Å². The molecule has 0 heterocycles. The fourth-order valence-electron chi connectivity index (χ4n) is 1.73. The largest absolute Gasteiger partial charge is 0.480 e. The number of carbonyl (C=O) groups is 2. The van der Waals surface area contributed by atoms with Crippen LogP contribution in [0.2, 0.25) is 0 Å². The minimum atomic E-state index is -1.14. The Labute approximate surface area is 129 Å². The molecule has 0 saturated carbocycles. The Morgan fingerprint density at radius 2 is 2.05 bits per heavy atom. The van der Waals surface area contributed by atoms with Crippen LogP contribution in [0, 0.1) is 16.0 Å². The fraction of sp³-hybridized carbons (Fsp3) is 0.385. The second-order valence-corrected chi connectivity index (χ2v) is 5.77. The standard InChI is InChI=1S/C13H15BrN2O5/c1-7(2)5-11(13(18)19)15-12(17)9-6-8(16(20)21)3-4-10(9)14/h3-4,6-7,11H,5H2,1-2H3,(H,15,17)(H,18,19)/t11-/m1/s1. The quantitative estimate of drug-likeness (QED) is 0.599. The van der Waals surface area contributed by atoms with Crippen molar-refractivity contribution in [1.82, 2.24) is 5.32 Å². The molecule has 0 aliphatic rings. The minimum Gasteiger partial charge on any atom is -0.480 e. The van der Waals surface area contributed by atoms with Crippen LogP contribution < -0.4 is 5.32 Å². The van der Waals surface area contributed by atoms with Crippen LogP contribution in [0.25, 0.3) is 0 Å². The number of carbonyl (C=O) groups excluding carboxylic acids is 1. The molecule has 1 aromatic carbocycles. The summed E-state index contributed by atoms with van der Waals surface area (Å²) in [7, 11) is 0. The van der Waals surface area contributed by atoms with Gasteiger partial charge >= 0.3 is 5.97 Å². The Bertz CT molecular complexity index is 574. The third-order valence-electron chi connectivity index (χ3n) is 2.72. The van der Waals surface area contributed by atoms with Gasteiger partial charge < -0.3 is 10.4 Å². The molecule has 0 spiro atoms. The molecule has 114 valence electrons. The van der Waals surface area contributed by atoms with Crippen molar-refractivity contribution in [1.29, 1.82) is 0 Å². The zero-order valence-electron chi connectivity index (χ0n) is 11.5. The number of aliphatic carboxylic acids is 1. The maximum Gasteiger partial charge on any atom is 0.326 e. The number of hydrogen-bond acceptors (Lipinski definition) is 4. The van der Waals surface area contributed by atoms with Gasteiger partial charge in [-0.15, -0.1) is 0 Å². The number of benzene rings is 1. The number of non-ortho nitro benzene ring substituents is 1. The van der Waals surface area contributed by atoms with E-state index in [-0.39, 0.29) is 23.6 Å². The van der Waals surface area contributed by atoms with E-state index in [1.165, 1.54) is 12.1 Å². The zero-order chi connectivity index (χ0) is 16.2. The van der Waals surface area contributed by atoms with E-state index in [9.17, 15) is 19.7 Å². The molecule has 1 rings (SSSR count). The molecule has 0 aliphatic heterocycles. The molecule has 2 N–H and O–H groups in total. The van der Waals surface area contributed by atoms with E-state index in [2.05, 4.69) is 21.2 Å². The van der Waals surface area contributed by atoms with Crippen LogP contribution in [0.5, 0.6) is 0 Å². The molecule has 0 radical (unpaired) electrons. The molecule has 0 aromatic heterocycles. The highest BCUT2D eigenvalue weighted by molar-refractivity contribution is 9.10. The third-order valence-corrected chi connectivity index (χ3v) is 3.41. The number of carboxylic acids is 1. The van der Waals surface area contributed by atoms with Gasteiger partial charge in [0.05, 0.1) is 10.5 Å². The predicted octanol–water partition coefficient (Wildman–Crippen LogP) is 2.59. The third kappa shape index (κ3) is 4.82. The van der Waals surface area contributed by atoms with E-state index in [1.807, 2.05) is 13.8 Å². The summed E-state index contributed by atoms with van der Waals surface area (Å²) < 4.78 is 0.360. The molecule has 1 atom stereocenters. The van der Waals surface area contributed by atoms with Crippen LogP contribution in [0.3, 0.4) is 0 Å². The summed E-state index contributed by atoms with van der Waals surface area (Å²) in [5.74, 6) is -1.72. The van der Waals surface area contributed by atoms with Gasteiger partial charge in [-0.2, -0.15) is 0 Å². The number of nitro groups is 1. The molecule has 1 amide bonds. The van der Waals surface area contributed by atoms with Crippen molar-refractivity contribution in [2.75, 3.05) is 0 Å². The lowest BCUT2D eigenvalue weighted by Gasteiger charge is -2.16. The lowest BCUT2D eigenvalue weighted by Crippen LogP contribution is -2.41. The van der Waals surface area contributed by atoms with Crippen molar-refractivity contribution in [2.24, 2.45) is 5.92 Å². The fourth-order valence-corrected chi connectivity index (χ4v) is 2.16. The number of nitrogens with one attached hydrogen (secondary N) is 1. The summed E-state index contributed by atoms with van der Waals surface area (Å²) >= 11 is 3.13. The van der Waals surface area contributed by atoms with Crippen molar-refractivity contribution in [3.63, 3.8) is 0 Å². The first kappa shape index (κ1) is 17.1. The van der Waals surface area contributed by atoms with Crippen molar-refractivity contribution in [3.05, 3.63) is 38.3 Å². The van der Waals surface area contributed by atoms with Crippen molar-refractivity contribution in [3.8, 4) is 0 Å². The van der Waals surface area contributed by atoms with E-state index in [0.717, 1.165) is 6.07 Å². The molecule has 7 nitrogen and oxygen atoms in total. The first-order valence-electron chi connectivity index (χ1n) is 6.20. The number of rotatable bonds is 6. The highest BCUT2D eigenvalue weighted by atomic mass is 79.9. The number of halogens is 1. The normalized spacial score (nSPS) is 12.0. The summed E-state index contributed by atoms with van der Waals surface area (Å²) in [6.07, 6.45) is 0.271. The first-order chi connectivity index (χ1) is 9.72. The number of hydrogen-bond donors (Lipinski definition) is 2. The molecular formula is C13H15BrN2O5. The van der Waals surface area contributed by atoms with Gasteiger partial charge in [-0.3, -0.25) is 14.9 Å². The molecule has 8 heteroatoms. The predicted molar refractivity (Wildman–Crippen MR) is 79.1 cm³/mol. The number of amides is 1. The minimum absolute atomic E-state index is 0.0270. The Balaban J connectivity index is 2.99. The average Bonchev–Trinajstić information content (AvgIpc) is 2.37. The van der Waals surface area contributed by atoms with E-state index in [4.69, 9.17) is 5.11 Å². The van der Waals surface area contributed by atoms with Gasteiger partial charge in [0.15, 0.2) is 0 Å². The average molecular weight is 359 g/mol. The second-order valence-electron chi connectivity index (χ2n) is 4.92. The summed E-state index contributed by atoms with van der Waals surface area (Å²) in [5, 5.41) is 22.2. The molecule has 0 aliphatic carbocycles. The highest BCUT2D eigenvalue weighted by Crippen LogP contribution is 2.22. The number of nitrogens with zero attached hydrogens (tertiary/aromatic N) is 1. The van der Waals surface area contributed by atoms with Gasteiger partial charge in [-0.1, -0.05) is 13.8 Å². The van der Waals surface area contributed by atoms with Crippen LogP contribution in [-0.2, 0) is 4.79 Å². The molecular weight excluding hydrogens is 344 g/mol. The van der Waals surface area contributed by atoms with Gasteiger partial charge in [0, 0.05) is 16.6 Å². The number of nitro benzene ring substituents is 1. The summed E-state index contributed by atoms with van der Waals surface area (Å²) in [5.41, 5.74) is -0.210. The van der Waals surface area contributed by atoms with Crippen LogP contribution in [0.1, 0.15) is 30.6 Å². The Kier molecular flexibility index (Phi) is 5.83. The van der Waals surface area contributed by atoms with Gasteiger partial charge in [0.2, 0.25) is 0 Å². The molecule has 0 saturated heterocycles. The molecule has 0 fully saturated rings. The first-order valence-corrected chi connectivity index (χ1v) is 6.99. The second kappa shape index (κ2) is 7.16. The van der Waals surface area contributed by atoms with Gasteiger partial charge in [0.1, 0.15) is 6.04 Å². The van der Waals surface area contributed by atoms with Crippen LogP contribution in [0.4, 0.5) is 5.69 Å². The Morgan fingerprint density at radius 1 is 1.43 bits per heavy atom. The molecule has 0 bridgehead atoms. The van der Waals surface area contributed by atoms with Gasteiger partial charge in [-0.25, -0.2) is 4.79 Å². The monoisotopic (exact) mass is 358 g/mol. The van der Waals surface area contributed by atoms with E-state index < -0.39 is 22.8 Å². The summed E-state index contributed by atoms with van der Waals surface area (Å²) in [6.45, 7) is 3.68. The Hall–Kier alpha value is -1.96. The number of carboxylic acid groups (broad SMARTS) is 1. The van der Waals surface area contributed by atoms with E-state index in [1.54, 1.807) is 0 Å². The smallest absolute Gasteiger partial charge is 0.326 e. The molecule has 21 heavy (non-hydrogen) atoms. The summed E-state index contributed by atoms with van der Waals surface area (Å²) in [6, 6.07) is 2.70. The van der Waals surface area contributed by atoms with Crippen molar-refractivity contribution >= 4 is 33.5 Å². The highest BCUT2D eigenvalue weighted by Gasteiger charge is 2.23. The van der Waals surface area contributed by atoms with Gasteiger partial charge in [0.25, 0.3) is 11.6 Å². The zero-order valence-corrected chi connectivity index (χ0v) is 13.1. The lowest BCUT2D eigenvalue weighted by molar-refractivity contribution is -0.384. The van der Waals surface area contributed by atoms with E-state index in [0.29, 0.717) is 4.47 Å². The van der Waals surface area contributed by atoms with E-state index >= 15 is 0 Å². The molecule has 1 aromatic rings. The van der Waals surface area contributed by atoms with Crippen LogP contribution in [0.15, 0.2) is 22.7 Å². The Morgan fingerprint density at radius 3 is 2.52 bits per heavy atom. The SMILES string of the molecule is CC(C)C[C@@H](NC(=O)c1cc([N+](=O)[O-])ccc1Br)C(=O)O. The summed E-state index contributed by atoms with van der Waals surface area (Å²) in [4.78, 5) is 33.3.